The van der Waals surface area contributed by atoms with Gasteiger partial charge in [-0.15, -0.1) is 0 Å². The zero-order valence-corrected chi connectivity index (χ0v) is 13.1. The summed E-state index contributed by atoms with van der Waals surface area (Å²) in [6, 6.07) is 0. The molecular weight excluding hydrogens is 220 g/mol. The smallest absolute Gasteiger partial charge is 0.224 e. The van der Waals surface area contributed by atoms with Gasteiger partial charge >= 0.3 is 0 Å². The summed E-state index contributed by atoms with van der Waals surface area (Å²) >= 11 is 0. The van der Waals surface area contributed by atoms with Crippen LogP contribution >= 0.6 is 0 Å². The van der Waals surface area contributed by atoms with Crippen molar-refractivity contribution < 1.29 is 9.15 Å². The summed E-state index contributed by atoms with van der Waals surface area (Å²) in [6.07, 6.45) is 5.21. The summed E-state index contributed by atoms with van der Waals surface area (Å²) in [5.41, 5.74) is 3.81. The van der Waals surface area contributed by atoms with Gasteiger partial charge in [0.1, 0.15) is 13.1 Å². The van der Waals surface area contributed by atoms with Crippen LogP contribution in [0.4, 0.5) is 0 Å². The summed E-state index contributed by atoms with van der Waals surface area (Å²) in [6.45, 7) is 16.5. The summed E-state index contributed by atoms with van der Waals surface area (Å²) in [5, 5.41) is 0. The molecule has 2 heteroatoms. The molecule has 0 amide bonds. The van der Waals surface area contributed by atoms with Crippen LogP contribution in [0.5, 0.6) is 0 Å². The maximum Gasteiger partial charge on any atom is 0.243 e. The van der Waals surface area contributed by atoms with Crippen molar-refractivity contribution in [1.82, 2.24) is 0 Å². The van der Waals surface area contributed by atoms with Crippen molar-refractivity contribution >= 4 is 11.4 Å². The predicted molar refractivity (Wildman–Crippen MR) is 78.2 cm³/mol. The molecule has 102 valence electrons. The summed E-state index contributed by atoms with van der Waals surface area (Å²) in [7, 11) is 0. The zero-order valence-electron chi connectivity index (χ0n) is 13.1. The Morgan fingerprint density at radius 3 is 1.28 bits per heavy atom. The average molecular weight is 250 g/mol. The van der Waals surface area contributed by atoms with Gasteiger partial charge in [-0.3, -0.25) is 0 Å². The van der Waals surface area contributed by atoms with E-state index in [-0.39, 0.29) is 11.1 Å². The van der Waals surface area contributed by atoms with Crippen LogP contribution in [0.2, 0.25) is 0 Å². The first kappa shape index (κ1) is 13.8. The molecule has 0 saturated carbocycles. The lowest BCUT2D eigenvalue weighted by Crippen LogP contribution is -2.42. The second-order valence-electron chi connectivity index (χ2n) is 7.75. The highest BCUT2D eigenvalue weighted by molar-refractivity contribution is 6.38. The van der Waals surface area contributed by atoms with E-state index >= 15 is 0 Å². The molecule has 0 unspecified atom stereocenters. The van der Waals surface area contributed by atoms with E-state index in [1.807, 2.05) is 0 Å². The highest BCUT2D eigenvalue weighted by atomic mass is 15.2. The SMILES string of the molecule is CC(C)(C)[N+]1=C(C2=[N+](C(C)(C)C)CCC2)CCC1. The van der Waals surface area contributed by atoms with Gasteiger partial charge in [0, 0.05) is 25.7 Å². The van der Waals surface area contributed by atoms with Crippen molar-refractivity contribution in [3.63, 3.8) is 0 Å². The van der Waals surface area contributed by atoms with E-state index in [4.69, 9.17) is 0 Å². The molecular formula is C16H30N2+2. The molecule has 2 heterocycles. The van der Waals surface area contributed by atoms with Crippen LogP contribution in [0.1, 0.15) is 67.2 Å². The lowest BCUT2D eigenvalue weighted by Gasteiger charge is -2.19. The van der Waals surface area contributed by atoms with Gasteiger partial charge in [0.25, 0.3) is 0 Å². The Balaban J connectivity index is 2.47. The number of nitrogens with zero attached hydrogens (tertiary/aromatic N) is 2. The van der Waals surface area contributed by atoms with Crippen LogP contribution < -0.4 is 0 Å². The van der Waals surface area contributed by atoms with E-state index in [0.717, 1.165) is 0 Å². The van der Waals surface area contributed by atoms with Crippen molar-refractivity contribution in [2.24, 2.45) is 0 Å². The van der Waals surface area contributed by atoms with Gasteiger partial charge in [0.2, 0.25) is 11.4 Å². The van der Waals surface area contributed by atoms with Crippen molar-refractivity contribution in [2.45, 2.75) is 78.3 Å². The highest BCUT2D eigenvalue weighted by Gasteiger charge is 2.43. The minimum Gasteiger partial charge on any atom is -0.224 e. The second kappa shape index (κ2) is 4.47. The Hall–Kier alpha value is -0.660. The number of hydrogen-bond donors (Lipinski definition) is 0. The largest absolute Gasteiger partial charge is 0.243 e. The second-order valence-corrected chi connectivity index (χ2v) is 7.75. The molecule has 0 aromatic rings. The normalized spacial score (nSPS) is 22.3. The maximum atomic E-state index is 2.65. The van der Waals surface area contributed by atoms with E-state index < -0.39 is 0 Å². The number of rotatable bonds is 1. The molecule has 0 bridgehead atoms. The predicted octanol–water partition coefficient (Wildman–Crippen LogP) is 3.08. The Morgan fingerprint density at radius 1 is 0.667 bits per heavy atom. The molecule has 2 rings (SSSR count). The van der Waals surface area contributed by atoms with Crippen LogP contribution in [0.3, 0.4) is 0 Å². The molecule has 2 nitrogen and oxygen atoms in total. The molecule has 0 aromatic heterocycles. The monoisotopic (exact) mass is 250 g/mol. The lowest BCUT2D eigenvalue weighted by molar-refractivity contribution is -0.601. The molecule has 2 aliphatic rings. The molecule has 0 spiro atoms. The van der Waals surface area contributed by atoms with Gasteiger partial charge in [0.05, 0.1) is 0 Å². The molecule has 2 aliphatic heterocycles. The van der Waals surface area contributed by atoms with E-state index in [0.29, 0.717) is 0 Å². The highest BCUT2D eigenvalue weighted by Crippen LogP contribution is 2.23. The molecule has 0 aliphatic carbocycles. The Bertz CT molecular complexity index is 360. The molecule has 0 saturated heterocycles. The van der Waals surface area contributed by atoms with Crippen LogP contribution in [-0.2, 0) is 0 Å². The van der Waals surface area contributed by atoms with Crippen LogP contribution in [0.15, 0.2) is 0 Å². The fourth-order valence-corrected chi connectivity index (χ4v) is 3.43. The van der Waals surface area contributed by atoms with E-state index in [1.54, 1.807) is 11.4 Å². The molecule has 0 N–H and O–H groups in total. The third kappa shape index (κ3) is 2.53. The Kier molecular flexibility index (Phi) is 3.42. The fourth-order valence-electron chi connectivity index (χ4n) is 3.43. The average Bonchev–Trinajstić information content (AvgIpc) is 2.83. The minimum atomic E-state index is 0.269. The summed E-state index contributed by atoms with van der Waals surface area (Å²) < 4.78 is 5.29. The number of hydrogen-bond acceptors (Lipinski definition) is 0. The van der Waals surface area contributed by atoms with Crippen LogP contribution in [-0.4, -0.2) is 44.7 Å². The van der Waals surface area contributed by atoms with Gasteiger partial charge in [-0.1, -0.05) is 0 Å². The van der Waals surface area contributed by atoms with Crippen LogP contribution in [0, 0.1) is 0 Å². The lowest BCUT2D eigenvalue weighted by atomic mass is 10.0. The van der Waals surface area contributed by atoms with Crippen molar-refractivity contribution in [3.8, 4) is 0 Å². The quantitative estimate of drug-likeness (QED) is 0.631. The minimum absolute atomic E-state index is 0.269. The first-order valence-corrected chi connectivity index (χ1v) is 7.48. The topological polar surface area (TPSA) is 6.02 Å². The first-order chi connectivity index (χ1) is 8.21. The van der Waals surface area contributed by atoms with Gasteiger partial charge in [-0.25, -0.2) is 9.15 Å². The summed E-state index contributed by atoms with van der Waals surface area (Å²) in [5.74, 6) is 0. The van der Waals surface area contributed by atoms with Crippen molar-refractivity contribution in [1.29, 1.82) is 0 Å². The van der Waals surface area contributed by atoms with Crippen LogP contribution in [0.25, 0.3) is 0 Å². The molecule has 0 atom stereocenters. The molecule has 0 radical (unpaired) electrons. The van der Waals surface area contributed by atoms with E-state index in [1.165, 1.54) is 38.8 Å². The molecule has 0 aromatic carbocycles. The van der Waals surface area contributed by atoms with E-state index in [9.17, 15) is 0 Å². The van der Waals surface area contributed by atoms with Gasteiger partial charge in [0.15, 0.2) is 11.1 Å². The Morgan fingerprint density at radius 2 is 1.00 bits per heavy atom. The third-order valence-corrected chi connectivity index (χ3v) is 4.19. The van der Waals surface area contributed by atoms with Gasteiger partial charge in [-0.2, -0.15) is 0 Å². The summed E-state index contributed by atoms with van der Waals surface area (Å²) in [4.78, 5) is 0. The Labute approximate surface area is 112 Å². The maximum absolute atomic E-state index is 2.65. The van der Waals surface area contributed by atoms with E-state index in [2.05, 4.69) is 50.7 Å². The van der Waals surface area contributed by atoms with Gasteiger partial charge < -0.3 is 0 Å². The molecule has 18 heavy (non-hydrogen) atoms. The van der Waals surface area contributed by atoms with Gasteiger partial charge in [-0.05, 0) is 41.5 Å². The third-order valence-electron chi connectivity index (χ3n) is 4.19. The van der Waals surface area contributed by atoms with Crippen molar-refractivity contribution in [3.05, 3.63) is 0 Å². The zero-order chi connectivity index (χ0) is 13.6. The van der Waals surface area contributed by atoms with Crippen molar-refractivity contribution in [2.75, 3.05) is 13.1 Å². The molecule has 0 fully saturated rings. The standard InChI is InChI=1S/C16H30N2/c1-15(2,3)17-11-7-9-13(17)14-10-8-12-18(14)16(4,5)6/h7-12H2,1-6H3/q+2. The first-order valence-electron chi connectivity index (χ1n) is 7.48. The fraction of sp³-hybridized carbons (Fsp3) is 0.875.